The van der Waals surface area contributed by atoms with E-state index in [1.165, 1.54) is 0 Å². The largest absolute Gasteiger partial charge is 0.450 e. The first-order chi connectivity index (χ1) is 13.3. The molecule has 0 radical (unpaired) electrons. The van der Waals surface area contributed by atoms with E-state index < -0.39 is 6.09 Å². The summed E-state index contributed by atoms with van der Waals surface area (Å²) in [6.45, 7) is 8.55. The monoisotopic (exact) mass is 414 g/mol. The predicted molar refractivity (Wildman–Crippen MR) is 117 cm³/mol. The molecule has 0 aliphatic heterocycles. The average Bonchev–Trinajstić information content (AvgIpc) is 3.11. The smallest absolute Gasteiger partial charge is 0.411 e. The molecule has 2 heterocycles. The third-order valence-electron chi connectivity index (χ3n) is 4.22. The van der Waals surface area contributed by atoms with E-state index in [4.69, 9.17) is 16.3 Å². The molecule has 0 spiro atoms. The van der Waals surface area contributed by atoms with Gasteiger partial charge in [-0.2, -0.15) is 0 Å². The van der Waals surface area contributed by atoms with Crippen molar-refractivity contribution in [1.82, 2.24) is 4.98 Å². The maximum atomic E-state index is 11.6. The molecule has 0 atom stereocenters. The Bertz CT molecular complexity index is 992. The summed E-state index contributed by atoms with van der Waals surface area (Å²) < 4.78 is 4.89. The van der Waals surface area contributed by atoms with Gasteiger partial charge in [-0.3, -0.25) is 10.3 Å². The molecule has 3 aromatic rings. The summed E-state index contributed by atoms with van der Waals surface area (Å²) in [7, 11) is 0. The third-order valence-corrected chi connectivity index (χ3v) is 5.49. The van der Waals surface area contributed by atoms with Crippen LogP contribution in [0.2, 0.25) is 5.02 Å². The van der Waals surface area contributed by atoms with Gasteiger partial charge in [0, 0.05) is 33.4 Å². The molecule has 0 saturated heterocycles. The highest BCUT2D eigenvalue weighted by Crippen LogP contribution is 2.38. The molecule has 2 aromatic heterocycles. The summed E-state index contributed by atoms with van der Waals surface area (Å²) >= 11 is 8.11. The standard InChI is InChI=1S/C22H23ClN2O2S/c1-5-27-21(26)25-16-6-7-17(18(23)12-16)19-10-15(13-28-19)14-8-9-24-20(11-14)22(2,3)4/h6-13H,5H2,1-4H3,(H,25,26). The molecular formula is C22H23ClN2O2S. The number of nitrogens with zero attached hydrogens (tertiary/aromatic N) is 1. The Balaban J connectivity index is 1.85. The number of hydrogen-bond acceptors (Lipinski definition) is 4. The molecule has 1 N–H and O–H groups in total. The van der Waals surface area contributed by atoms with E-state index in [-0.39, 0.29) is 5.41 Å². The summed E-state index contributed by atoms with van der Waals surface area (Å²) in [5, 5.41) is 5.36. The van der Waals surface area contributed by atoms with Gasteiger partial charge < -0.3 is 4.74 Å². The normalized spacial score (nSPS) is 11.3. The van der Waals surface area contributed by atoms with Crippen LogP contribution in [0.25, 0.3) is 21.6 Å². The summed E-state index contributed by atoms with van der Waals surface area (Å²) in [6, 6.07) is 11.8. The summed E-state index contributed by atoms with van der Waals surface area (Å²) in [4.78, 5) is 17.1. The lowest BCUT2D eigenvalue weighted by Crippen LogP contribution is -2.13. The summed E-state index contributed by atoms with van der Waals surface area (Å²) in [6.07, 6.45) is 1.37. The fraction of sp³-hybridized carbons (Fsp3) is 0.273. The molecule has 6 heteroatoms. The third kappa shape index (κ3) is 4.72. The molecule has 3 rings (SSSR count). The van der Waals surface area contributed by atoms with E-state index in [9.17, 15) is 4.79 Å². The topological polar surface area (TPSA) is 51.2 Å². The number of carbonyl (C=O) groups excluding carboxylic acids is 1. The van der Waals surface area contributed by atoms with Gasteiger partial charge in [-0.1, -0.05) is 32.4 Å². The van der Waals surface area contributed by atoms with Crippen molar-refractivity contribution in [2.75, 3.05) is 11.9 Å². The molecule has 1 aromatic carbocycles. The number of pyridine rings is 1. The van der Waals surface area contributed by atoms with Crippen LogP contribution < -0.4 is 5.32 Å². The number of nitrogens with one attached hydrogen (secondary N) is 1. The van der Waals surface area contributed by atoms with Gasteiger partial charge in [-0.15, -0.1) is 11.3 Å². The van der Waals surface area contributed by atoms with Crippen molar-refractivity contribution >= 4 is 34.7 Å². The zero-order valence-electron chi connectivity index (χ0n) is 16.4. The number of aromatic nitrogens is 1. The Hall–Kier alpha value is -2.37. The van der Waals surface area contributed by atoms with Gasteiger partial charge in [-0.25, -0.2) is 4.79 Å². The van der Waals surface area contributed by atoms with Crippen molar-refractivity contribution in [2.45, 2.75) is 33.1 Å². The summed E-state index contributed by atoms with van der Waals surface area (Å²) in [5.41, 5.74) is 4.87. The van der Waals surface area contributed by atoms with E-state index in [1.54, 1.807) is 24.3 Å². The Kier molecular flexibility index (Phi) is 6.06. The van der Waals surface area contributed by atoms with Crippen molar-refractivity contribution < 1.29 is 9.53 Å². The van der Waals surface area contributed by atoms with Gasteiger partial charge in [0.05, 0.1) is 11.6 Å². The number of hydrogen-bond donors (Lipinski definition) is 1. The van der Waals surface area contributed by atoms with E-state index in [0.717, 1.165) is 27.3 Å². The molecule has 0 aliphatic rings. The number of ether oxygens (including phenoxy) is 1. The molecule has 0 saturated carbocycles. The molecule has 28 heavy (non-hydrogen) atoms. The van der Waals surface area contributed by atoms with E-state index in [1.807, 2.05) is 24.4 Å². The van der Waals surface area contributed by atoms with Gasteiger partial charge in [0.15, 0.2) is 0 Å². The minimum atomic E-state index is -0.489. The lowest BCUT2D eigenvalue weighted by Gasteiger charge is -2.18. The molecule has 0 bridgehead atoms. The zero-order valence-corrected chi connectivity index (χ0v) is 17.9. The van der Waals surface area contributed by atoms with Crippen molar-refractivity contribution in [3.8, 4) is 21.6 Å². The fourth-order valence-electron chi connectivity index (χ4n) is 2.73. The number of anilines is 1. The van der Waals surface area contributed by atoms with Gasteiger partial charge in [-0.05, 0) is 59.8 Å². The Labute approximate surface area is 174 Å². The van der Waals surface area contributed by atoms with Gasteiger partial charge in [0.25, 0.3) is 0 Å². The Morgan fingerprint density at radius 3 is 2.64 bits per heavy atom. The fourth-order valence-corrected chi connectivity index (χ4v) is 4.02. The molecule has 146 valence electrons. The van der Waals surface area contributed by atoms with Crippen LogP contribution in [0.5, 0.6) is 0 Å². The molecular weight excluding hydrogens is 392 g/mol. The van der Waals surface area contributed by atoms with E-state index in [2.05, 4.69) is 48.6 Å². The minimum Gasteiger partial charge on any atom is -0.450 e. The maximum absolute atomic E-state index is 11.6. The van der Waals surface area contributed by atoms with Crippen LogP contribution in [-0.2, 0) is 10.2 Å². The summed E-state index contributed by atoms with van der Waals surface area (Å²) in [5.74, 6) is 0. The molecule has 0 unspecified atom stereocenters. The molecule has 1 amide bonds. The van der Waals surface area contributed by atoms with Crippen LogP contribution in [0, 0.1) is 0 Å². The SMILES string of the molecule is CCOC(=O)Nc1ccc(-c2cc(-c3ccnc(C(C)(C)C)c3)cs2)c(Cl)c1. The second-order valence-corrected chi connectivity index (χ2v) is 8.74. The lowest BCUT2D eigenvalue weighted by molar-refractivity contribution is 0.168. The van der Waals surface area contributed by atoms with Crippen molar-refractivity contribution in [2.24, 2.45) is 0 Å². The first-order valence-electron chi connectivity index (χ1n) is 9.07. The number of rotatable bonds is 4. The Morgan fingerprint density at radius 2 is 1.96 bits per heavy atom. The highest BCUT2D eigenvalue weighted by atomic mass is 35.5. The number of benzene rings is 1. The molecule has 4 nitrogen and oxygen atoms in total. The van der Waals surface area contributed by atoms with E-state index >= 15 is 0 Å². The average molecular weight is 415 g/mol. The maximum Gasteiger partial charge on any atom is 0.411 e. The van der Waals surface area contributed by atoms with Crippen LogP contribution in [0.4, 0.5) is 10.5 Å². The van der Waals surface area contributed by atoms with Crippen LogP contribution in [0.15, 0.2) is 48.0 Å². The van der Waals surface area contributed by atoms with Crippen LogP contribution in [0.1, 0.15) is 33.4 Å². The van der Waals surface area contributed by atoms with Crippen LogP contribution in [0.3, 0.4) is 0 Å². The number of halogens is 1. The molecule has 0 fully saturated rings. The molecule has 0 aliphatic carbocycles. The lowest BCUT2D eigenvalue weighted by atomic mass is 9.90. The van der Waals surface area contributed by atoms with Gasteiger partial charge in [0.2, 0.25) is 0 Å². The first-order valence-corrected chi connectivity index (χ1v) is 10.3. The first kappa shape index (κ1) is 20.4. The minimum absolute atomic E-state index is 0.0000741. The van der Waals surface area contributed by atoms with E-state index in [0.29, 0.717) is 17.3 Å². The van der Waals surface area contributed by atoms with Crippen molar-refractivity contribution in [3.63, 3.8) is 0 Å². The van der Waals surface area contributed by atoms with Gasteiger partial charge in [0.1, 0.15) is 0 Å². The number of carbonyl (C=O) groups is 1. The second-order valence-electron chi connectivity index (χ2n) is 7.42. The Morgan fingerprint density at radius 1 is 1.18 bits per heavy atom. The highest BCUT2D eigenvalue weighted by molar-refractivity contribution is 7.14. The van der Waals surface area contributed by atoms with Crippen molar-refractivity contribution in [3.05, 3.63) is 58.7 Å². The highest BCUT2D eigenvalue weighted by Gasteiger charge is 2.16. The zero-order chi connectivity index (χ0) is 20.3. The number of amides is 1. The second kappa shape index (κ2) is 8.33. The van der Waals surface area contributed by atoms with Gasteiger partial charge >= 0.3 is 6.09 Å². The quantitative estimate of drug-likeness (QED) is 0.500. The van der Waals surface area contributed by atoms with Crippen molar-refractivity contribution in [1.29, 1.82) is 0 Å². The predicted octanol–water partition coefficient (Wildman–Crippen LogP) is 7.00. The number of thiophene rings is 1. The van der Waals surface area contributed by atoms with Crippen LogP contribution >= 0.6 is 22.9 Å². The van der Waals surface area contributed by atoms with Crippen LogP contribution in [-0.4, -0.2) is 17.7 Å².